The highest BCUT2D eigenvalue weighted by molar-refractivity contribution is 4.89. The highest BCUT2D eigenvalue weighted by Crippen LogP contribution is 2.42. The second kappa shape index (κ2) is 17.5. The number of rotatable bonds is 16. The molecule has 1 nitrogen and oxygen atoms in total. The zero-order chi connectivity index (χ0) is 26.3. The molecule has 0 aromatic heterocycles. The normalized spacial score (nSPS) is 27.9. The summed E-state index contributed by atoms with van der Waals surface area (Å²) in [5.41, 5.74) is 7.76. The second-order valence-electron chi connectivity index (χ2n) is 14.2. The Morgan fingerprint density at radius 2 is 1.51 bits per heavy atom. The highest BCUT2D eigenvalue weighted by atomic mass is 14.7. The first-order valence-electron chi connectivity index (χ1n) is 16.3. The first-order chi connectivity index (χ1) is 16.5. The predicted molar refractivity (Wildman–Crippen MR) is 160 cm³/mol. The van der Waals surface area contributed by atoms with Crippen molar-refractivity contribution in [2.45, 2.75) is 183 Å². The standard InChI is InChI=1S/C34H69N/c1-9-11-12-13-18-29(5)20-15-23-33(8,31(7)10-2)24-17-26-34(35)25-16-22-32(28(3)4)21-14-19-30(6)27-34/h28-32H,9-27,35H2,1-8H3. The van der Waals surface area contributed by atoms with Crippen LogP contribution >= 0.6 is 0 Å². The van der Waals surface area contributed by atoms with E-state index < -0.39 is 0 Å². The van der Waals surface area contributed by atoms with Gasteiger partial charge in [0.05, 0.1) is 0 Å². The Balaban J connectivity index is 2.60. The zero-order valence-electron chi connectivity index (χ0n) is 25.9. The molecular formula is C34H69N. The smallest absolute Gasteiger partial charge is 0.0156 e. The maximum atomic E-state index is 7.21. The van der Waals surface area contributed by atoms with Crippen LogP contribution in [0.4, 0.5) is 0 Å². The molecule has 1 rings (SSSR count). The Hall–Kier alpha value is -0.0400. The van der Waals surface area contributed by atoms with Crippen LogP contribution in [0.15, 0.2) is 0 Å². The summed E-state index contributed by atoms with van der Waals surface area (Å²) < 4.78 is 0. The molecule has 0 saturated heterocycles. The van der Waals surface area contributed by atoms with Gasteiger partial charge in [-0.2, -0.15) is 0 Å². The van der Waals surface area contributed by atoms with Gasteiger partial charge >= 0.3 is 0 Å². The van der Waals surface area contributed by atoms with Crippen molar-refractivity contribution in [2.24, 2.45) is 40.7 Å². The van der Waals surface area contributed by atoms with E-state index in [4.69, 9.17) is 5.73 Å². The van der Waals surface area contributed by atoms with Gasteiger partial charge in [-0.15, -0.1) is 0 Å². The van der Waals surface area contributed by atoms with Crippen LogP contribution in [0.2, 0.25) is 0 Å². The number of hydrogen-bond donors (Lipinski definition) is 1. The minimum Gasteiger partial charge on any atom is -0.325 e. The van der Waals surface area contributed by atoms with Crippen LogP contribution in [0.3, 0.4) is 0 Å². The molecule has 1 saturated carbocycles. The van der Waals surface area contributed by atoms with Gasteiger partial charge in [-0.25, -0.2) is 0 Å². The highest BCUT2D eigenvalue weighted by Gasteiger charge is 2.33. The predicted octanol–water partition coefficient (Wildman–Crippen LogP) is 11.3. The van der Waals surface area contributed by atoms with E-state index in [2.05, 4.69) is 55.4 Å². The quantitative estimate of drug-likeness (QED) is 0.213. The molecule has 0 radical (unpaired) electrons. The molecule has 0 spiro atoms. The monoisotopic (exact) mass is 492 g/mol. The first-order valence-corrected chi connectivity index (χ1v) is 16.3. The molecule has 0 aromatic carbocycles. The van der Waals surface area contributed by atoms with Gasteiger partial charge in [-0.05, 0) is 67.1 Å². The molecular weight excluding hydrogens is 422 g/mol. The van der Waals surface area contributed by atoms with Gasteiger partial charge in [-0.1, -0.05) is 145 Å². The van der Waals surface area contributed by atoms with Crippen molar-refractivity contribution in [1.82, 2.24) is 0 Å². The molecule has 1 heteroatoms. The molecule has 210 valence electrons. The minimum atomic E-state index is 0.0711. The van der Waals surface area contributed by atoms with Gasteiger partial charge in [0, 0.05) is 5.54 Å². The van der Waals surface area contributed by atoms with E-state index in [1.54, 1.807) is 0 Å². The average Bonchev–Trinajstić information content (AvgIpc) is 2.80. The molecule has 0 heterocycles. The van der Waals surface area contributed by atoms with Crippen molar-refractivity contribution in [1.29, 1.82) is 0 Å². The lowest BCUT2D eigenvalue weighted by Crippen LogP contribution is -2.42. The Labute approximate surface area is 223 Å². The first kappa shape index (κ1) is 33.0. The molecule has 35 heavy (non-hydrogen) atoms. The zero-order valence-corrected chi connectivity index (χ0v) is 25.9. The summed E-state index contributed by atoms with van der Waals surface area (Å²) in [6.07, 6.45) is 26.0. The fourth-order valence-corrected chi connectivity index (χ4v) is 7.25. The lowest BCUT2D eigenvalue weighted by Gasteiger charge is -2.39. The van der Waals surface area contributed by atoms with Crippen molar-refractivity contribution in [3.63, 3.8) is 0 Å². The molecule has 1 aliphatic rings. The van der Waals surface area contributed by atoms with Gasteiger partial charge in [-0.3, -0.25) is 0 Å². The van der Waals surface area contributed by atoms with E-state index in [0.29, 0.717) is 5.41 Å². The third-order valence-electron chi connectivity index (χ3n) is 10.4. The summed E-state index contributed by atoms with van der Waals surface area (Å²) >= 11 is 0. The maximum absolute atomic E-state index is 7.21. The van der Waals surface area contributed by atoms with Crippen molar-refractivity contribution in [2.75, 3.05) is 0 Å². The Morgan fingerprint density at radius 3 is 2.17 bits per heavy atom. The summed E-state index contributed by atoms with van der Waals surface area (Å²) in [5, 5.41) is 0. The van der Waals surface area contributed by atoms with Crippen LogP contribution in [-0.2, 0) is 0 Å². The Kier molecular flexibility index (Phi) is 16.5. The molecule has 0 amide bonds. The second-order valence-corrected chi connectivity index (χ2v) is 14.2. The van der Waals surface area contributed by atoms with E-state index in [1.165, 1.54) is 122 Å². The van der Waals surface area contributed by atoms with E-state index >= 15 is 0 Å². The molecule has 1 aliphatic carbocycles. The average molecular weight is 492 g/mol. The number of unbranched alkanes of at least 4 members (excludes halogenated alkanes) is 3. The van der Waals surface area contributed by atoms with Crippen LogP contribution in [0.1, 0.15) is 177 Å². The molecule has 6 unspecified atom stereocenters. The van der Waals surface area contributed by atoms with Crippen LogP contribution in [0.5, 0.6) is 0 Å². The van der Waals surface area contributed by atoms with Crippen molar-refractivity contribution in [3.8, 4) is 0 Å². The molecule has 0 bridgehead atoms. The summed E-state index contributed by atoms with van der Waals surface area (Å²) in [4.78, 5) is 0. The largest absolute Gasteiger partial charge is 0.325 e. The SMILES string of the molecule is CCCCCCC(C)CCCC(C)(CCCC1(N)CCCC(C(C)C)CCCC(C)C1)C(C)CC. The lowest BCUT2D eigenvalue weighted by atomic mass is 9.68. The van der Waals surface area contributed by atoms with E-state index in [1.807, 2.05) is 0 Å². The number of nitrogens with two attached hydrogens (primary N) is 1. The van der Waals surface area contributed by atoms with Gasteiger partial charge in [0.15, 0.2) is 0 Å². The lowest BCUT2D eigenvalue weighted by molar-refractivity contribution is 0.139. The van der Waals surface area contributed by atoms with Crippen molar-refractivity contribution in [3.05, 3.63) is 0 Å². The van der Waals surface area contributed by atoms with Crippen molar-refractivity contribution >= 4 is 0 Å². The Bertz CT molecular complexity index is 513. The molecule has 0 aromatic rings. The summed E-state index contributed by atoms with van der Waals surface area (Å²) in [6.45, 7) is 19.7. The molecule has 2 N–H and O–H groups in total. The third kappa shape index (κ3) is 13.4. The van der Waals surface area contributed by atoms with Crippen LogP contribution in [0.25, 0.3) is 0 Å². The van der Waals surface area contributed by atoms with Gasteiger partial charge in [0.2, 0.25) is 0 Å². The van der Waals surface area contributed by atoms with Crippen LogP contribution in [0, 0.1) is 35.0 Å². The summed E-state index contributed by atoms with van der Waals surface area (Å²) in [5.74, 6) is 4.23. The van der Waals surface area contributed by atoms with Crippen molar-refractivity contribution < 1.29 is 0 Å². The fourth-order valence-electron chi connectivity index (χ4n) is 7.25. The van der Waals surface area contributed by atoms with E-state index in [-0.39, 0.29) is 5.54 Å². The topological polar surface area (TPSA) is 26.0 Å². The van der Waals surface area contributed by atoms with Crippen LogP contribution < -0.4 is 5.73 Å². The van der Waals surface area contributed by atoms with Gasteiger partial charge in [0.1, 0.15) is 0 Å². The number of hydrogen-bond acceptors (Lipinski definition) is 1. The minimum absolute atomic E-state index is 0.0711. The van der Waals surface area contributed by atoms with Gasteiger partial charge < -0.3 is 5.73 Å². The molecule has 0 aliphatic heterocycles. The Morgan fingerprint density at radius 1 is 0.857 bits per heavy atom. The summed E-state index contributed by atoms with van der Waals surface area (Å²) in [6, 6.07) is 0. The summed E-state index contributed by atoms with van der Waals surface area (Å²) in [7, 11) is 0. The molecule has 6 atom stereocenters. The third-order valence-corrected chi connectivity index (χ3v) is 10.4. The molecule has 1 fully saturated rings. The van der Waals surface area contributed by atoms with Gasteiger partial charge in [0.25, 0.3) is 0 Å². The van der Waals surface area contributed by atoms with E-state index in [0.717, 1.165) is 29.6 Å². The fraction of sp³-hybridized carbons (Fsp3) is 1.00. The van der Waals surface area contributed by atoms with E-state index in [9.17, 15) is 0 Å². The maximum Gasteiger partial charge on any atom is 0.0156 e. The van der Waals surface area contributed by atoms with Crippen LogP contribution in [-0.4, -0.2) is 5.54 Å².